The Labute approximate surface area is 196 Å². The maximum Gasteiger partial charge on any atom is 0.338 e. The molecule has 9 heteroatoms. The van der Waals surface area contributed by atoms with Crippen LogP contribution < -0.4 is 5.32 Å². The van der Waals surface area contributed by atoms with Crippen molar-refractivity contribution in [2.45, 2.75) is 44.8 Å². The van der Waals surface area contributed by atoms with Crippen LogP contribution in [0.5, 0.6) is 0 Å². The van der Waals surface area contributed by atoms with Crippen molar-refractivity contribution < 1.29 is 19.1 Å². The molecule has 0 saturated carbocycles. The van der Waals surface area contributed by atoms with Gasteiger partial charge in [0.05, 0.1) is 36.9 Å². The van der Waals surface area contributed by atoms with Crippen LogP contribution in [-0.4, -0.2) is 48.3 Å². The lowest BCUT2D eigenvalue weighted by Crippen LogP contribution is -2.38. The zero-order valence-corrected chi connectivity index (χ0v) is 19.7. The van der Waals surface area contributed by atoms with Crippen molar-refractivity contribution in [1.29, 1.82) is 0 Å². The molecule has 4 rings (SSSR count). The van der Waals surface area contributed by atoms with Gasteiger partial charge in [-0.25, -0.2) is 9.79 Å². The van der Waals surface area contributed by atoms with Gasteiger partial charge < -0.3 is 19.7 Å². The van der Waals surface area contributed by atoms with Crippen LogP contribution in [-0.2, 0) is 19.1 Å². The average molecular weight is 476 g/mol. The Bertz CT molecular complexity index is 983. The molecule has 0 aliphatic carbocycles. The minimum absolute atomic E-state index is 0.0841. The highest BCUT2D eigenvalue weighted by atomic mass is 35.5. The summed E-state index contributed by atoms with van der Waals surface area (Å²) in [6.45, 7) is 3.22. The van der Waals surface area contributed by atoms with Crippen molar-refractivity contribution >= 4 is 40.4 Å². The van der Waals surface area contributed by atoms with E-state index in [1.807, 2.05) is 29.4 Å². The molecule has 1 aromatic rings. The Kier molecular flexibility index (Phi) is 7.23. The van der Waals surface area contributed by atoms with Crippen LogP contribution in [0.1, 0.15) is 44.2 Å². The van der Waals surface area contributed by atoms with Crippen LogP contribution in [0.2, 0.25) is 5.02 Å². The molecule has 7 nitrogen and oxygen atoms in total. The van der Waals surface area contributed by atoms with Gasteiger partial charge >= 0.3 is 5.97 Å². The van der Waals surface area contributed by atoms with Gasteiger partial charge in [-0.15, -0.1) is 0 Å². The third-order valence-corrected chi connectivity index (χ3v) is 6.85. The average Bonchev–Trinajstić information content (AvgIpc) is 3.46. The number of allylic oxidation sites excluding steroid dienone is 1. The van der Waals surface area contributed by atoms with Crippen molar-refractivity contribution in [2.75, 3.05) is 20.3 Å². The monoisotopic (exact) mass is 475 g/mol. The molecule has 1 N–H and O–H groups in total. The van der Waals surface area contributed by atoms with Crippen molar-refractivity contribution in [1.82, 2.24) is 10.2 Å². The maximum atomic E-state index is 12.8. The summed E-state index contributed by atoms with van der Waals surface area (Å²) in [6.07, 6.45) is 2.84. The predicted molar refractivity (Wildman–Crippen MR) is 125 cm³/mol. The van der Waals surface area contributed by atoms with Gasteiger partial charge in [0.1, 0.15) is 0 Å². The summed E-state index contributed by atoms with van der Waals surface area (Å²) in [5, 5.41) is 6.26. The largest absolute Gasteiger partial charge is 0.466 e. The number of aliphatic imine (C=N–C) groups is 1. The van der Waals surface area contributed by atoms with E-state index < -0.39 is 12.0 Å². The number of amides is 1. The van der Waals surface area contributed by atoms with E-state index in [1.165, 1.54) is 18.9 Å². The first-order valence-corrected chi connectivity index (χ1v) is 12.0. The van der Waals surface area contributed by atoms with E-state index in [0.29, 0.717) is 29.3 Å². The number of nitrogens with one attached hydrogen (secondary N) is 1. The molecular formula is C23H26ClN3O4S. The standard InChI is InChI=1S/C23H26ClN3O4S/c1-3-18-20(22(29)30-2)21(14-6-8-15(24)9-7-14)27-16(13-32-23(27)26-18)11-19(28)25-12-17-5-4-10-31-17/h6-9,13,17,21H,3-5,10-12H2,1-2H3,(H,25,28)/t17-,21-/m0/s1. The zero-order chi connectivity index (χ0) is 22.7. The number of carbonyl (C=O) groups is 2. The summed E-state index contributed by atoms with van der Waals surface area (Å²) in [6, 6.07) is 6.93. The third-order valence-electron chi connectivity index (χ3n) is 5.71. The molecule has 0 aromatic heterocycles. The quantitative estimate of drug-likeness (QED) is 0.596. The number of fused-ring (bicyclic) bond motifs is 1. The van der Waals surface area contributed by atoms with Gasteiger partial charge in [0, 0.05) is 23.9 Å². The first-order valence-electron chi connectivity index (χ1n) is 10.7. The fraction of sp³-hybridized carbons (Fsp3) is 0.435. The number of rotatable bonds is 7. The van der Waals surface area contributed by atoms with E-state index in [2.05, 4.69) is 5.32 Å². The molecule has 1 aromatic carbocycles. The van der Waals surface area contributed by atoms with Crippen LogP contribution >= 0.6 is 23.4 Å². The van der Waals surface area contributed by atoms with Gasteiger partial charge in [0.2, 0.25) is 5.91 Å². The minimum Gasteiger partial charge on any atom is -0.466 e. The molecule has 32 heavy (non-hydrogen) atoms. The van der Waals surface area contributed by atoms with E-state index in [4.69, 9.17) is 26.1 Å². The van der Waals surface area contributed by atoms with Crippen molar-refractivity contribution in [3.05, 3.63) is 57.2 Å². The number of ether oxygens (including phenoxy) is 2. The van der Waals surface area contributed by atoms with Gasteiger partial charge in [-0.2, -0.15) is 0 Å². The molecule has 170 valence electrons. The first-order chi connectivity index (χ1) is 15.5. The van der Waals surface area contributed by atoms with Gasteiger partial charge in [-0.05, 0) is 42.4 Å². The second kappa shape index (κ2) is 10.1. The highest BCUT2D eigenvalue weighted by Crippen LogP contribution is 2.45. The van der Waals surface area contributed by atoms with Crippen molar-refractivity contribution in [2.24, 2.45) is 4.99 Å². The molecule has 1 saturated heterocycles. The lowest BCUT2D eigenvalue weighted by Gasteiger charge is -2.36. The summed E-state index contributed by atoms with van der Waals surface area (Å²) in [7, 11) is 1.37. The zero-order valence-electron chi connectivity index (χ0n) is 18.1. The number of benzene rings is 1. The summed E-state index contributed by atoms with van der Waals surface area (Å²) in [5.41, 5.74) is 2.83. The highest BCUT2D eigenvalue weighted by Gasteiger charge is 2.41. The molecular weight excluding hydrogens is 450 g/mol. The van der Waals surface area contributed by atoms with Gasteiger partial charge in [0.25, 0.3) is 0 Å². The number of halogens is 1. The topological polar surface area (TPSA) is 80.2 Å². The fourth-order valence-corrected chi connectivity index (χ4v) is 5.20. The number of nitrogens with zero attached hydrogens (tertiary/aromatic N) is 2. The van der Waals surface area contributed by atoms with Crippen molar-refractivity contribution in [3.63, 3.8) is 0 Å². The Hall–Kier alpha value is -2.29. The molecule has 1 fully saturated rings. The maximum absolute atomic E-state index is 12.8. The summed E-state index contributed by atoms with van der Waals surface area (Å²) in [5.74, 6) is -0.517. The number of hydrogen-bond donors (Lipinski definition) is 1. The molecule has 0 radical (unpaired) electrons. The number of thioether (sulfide) groups is 1. The number of carbonyl (C=O) groups excluding carboxylic acids is 2. The number of hydrogen-bond acceptors (Lipinski definition) is 7. The Morgan fingerprint density at radius 1 is 1.34 bits per heavy atom. The van der Waals surface area contributed by atoms with Crippen LogP contribution in [0, 0.1) is 0 Å². The van der Waals surface area contributed by atoms with E-state index in [-0.39, 0.29) is 18.4 Å². The lowest BCUT2D eigenvalue weighted by molar-refractivity contribution is -0.136. The molecule has 3 heterocycles. The minimum atomic E-state index is -0.450. The van der Waals surface area contributed by atoms with Gasteiger partial charge in [-0.1, -0.05) is 42.4 Å². The molecule has 3 aliphatic rings. The second-order valence-corrected chi connectivity index (χ2v) is 9.04. The normalized spacial score (nSPS) is 22.4. The highest BCUT2D eigenvalue weighted by molar-refractivity contribution is 8.16. The van der Waals surface area contributed by atoms with E-state index in [0.717, 1.165) is 35.9 Å². The summed E-state index contributed by atoms with van der Waals surface area (Å²) in [4.78, 5) is 32.2. The van der Waals surface area contributed by atoms with E-state index in [9.17, 15) is 9.59 Å². The second-order valence-electron chi connectivity index (χ2n) is 7.77. The van der Waals surface area contributed by atoms with Crippen LogP contribution in [0.15, 0.2) is 51.6 Å². The number of amidine groups is 1. The smallest absolute Gasteiger partial charge is 0.338 e. The van der Waals surface area contributed by atoms with Crippen molar-refractivity contribution in [3.8, 4) is 0 Å². The number of methoxy groups -OCH3 is 1. The molecule has 0 unspecified atom stereocenters. The lowest BCUT2D eigenvalue weighted by atomic mass is 9.93. The molecule has 1 amide bonds. The summed E-state index contributed by atoms with van der Waals surface area (Å²) >= 11 is 7.57. The van der Waals surface area contributed by atoms with Crippen LogP contribution in [0.4, 0.5) is 0 Å². The third kappa shape index (κ3) is 4.72. The van der Waals surface area contributed by atoms with Gasteiger partial charge in [0.15, 0.2) is 5.17 Å². The Morgan fingerprint density at radius 3 is 2.78 bits per heavy atom. The molecule has 0 spiro atoms. The summed E-state index contributed by atoms with van der Waals surface area (Å²) < 4.78 is 10.7. The van der Waals surface area contributed by atoms with Crippen LogP contribution in [0.3, 0.4) is 0 Å². The van der Waals surface area contributed by atoms with Crippen LogP contribution in [0.25, 0.3) is 0 Å². The Morgan fingerprint density at radius 2 is 2.12 bits per heavy atom. The van der Waals surface area contributed by atoms with E-state index in [1.54, 1.807) is 12.1 Å². The SMILES string of the molecule is CCC1=C(C(=O)OC)[C@H](c2ccc(Cl)cc2)N2C(CC(=O)NC[C@@H]3CCCO3)=CSC2=N1. The fourth-order valence-electron chi connectivity index (χ4n) is 4.13. The molecule has 2 atom stereocenters. The predicted octanol–water partition coefficient (Wildman–Crippen LogP) is 4.16. The van der Waals surface area contributed by atoms with E-state index >= 15 is 0 Å². The molecule has 3 aliphatic heterocycles. The molecule has 0 bridgehead atoms. The first kappa shape index (κ1) is 22.9. The van der Waals surface area contributed by atoms with Gasteiger partial charge in [-0.3, -0.25) is 4.79 Å². The number of esters is 1. The Balaban J connectivity index is 1.62.